The predicted molar refractivity (Wildman–Crippen MR) is 78.1 cm³/mol. The van der Waals surface area contributed by atoms with Crippen LogP contribution in [0, 0.1) is 0 Å². The molecule has 1 amide bonds. The molecular formula is C15H23N3O. The topological polar surface area (TPSA) is 58.4 Å². The molecule has 4 heteroatoms. The quantitative estimate of drug-likeness (QED) is 0.846. The van der Waals surface area contributed by atoms with Crippen LogP contribution >= 0.6 is 0 Å². The van der Waals surface area contributed by atoms with Crippen molar-refractivity contribution in [3.05, 3.63) is 29.8 Å². The third-order valence-electron chi connectivity index (χ3n) is 3.76. The smallest absolute Gasteiger partial charge is 0.241 e. The fourth-order valence-electron chi connectivity index (χ4n) is 2.68. The summed E-state index contributed by atoms with van der Waals surface area (Å²) < 4.78 is 0. The standard InChI is InChI=1S/C15H23N3O/c1-2-18(11-5-10-16)14-9-8-12-6-3-4-7-13(12)17-15(14)19/h3-4,6-7,14H,2,5,8-11,16H2,1H3,(H,17,19). The molecule has 1 unspecified atom stereocenters. The van der Waals surface area contributed by atoms with Crippen molar-refractivity contribution in [1.29, 1.82) is 0 Å². The lowest BCUT2D eigenvalue weighted by atomic mass is 10.0. The Morgan fingerprint density at radius 2 is 2.21 bits per heavy atom. The largest absolute Gasteiger partial charge is 0.330 e. The number of rotatable bonds is 5. The highest BCUT2D eigenvalue weighted by molar-refractivity contribution is 5.96. The van der Waals surface area contributed by atoms with Gasteiger partial charge in [0, 0.05) is 12.2 Å². The summed E-state index contributed by atoms with van der Waals surface area (Å²) in [6, 6.07) is 8.02. The molecule has 19 heavy (non-hydrogen) atoms. The van der Waals surface area contributed by atoms with Gasteiger partial charge in [0.05, 0.1) is 6.04 Å². The van der Waals surface area contributed by atoms with E-state index < -0.39 is 0 Å². The number of nitrogens with two attached hydrogens (primary N) is 1. The monoisotopic (exact) mass is 261 g/mol. The van der Waals surface area contributed by atoms with Crippen LogP contribution in [0.3, 0.4) is 0 Å². The van der Waals surface area contributed by atoms with Gasteiger partial charge in [-0.2, -0.15) is 0 Å². The zero-order valence-electron chi connectivity index (χ0n) is 11.6. The maximum absolute atomic E-state index is 12.4. The van der Waals surface area contributed by atoms with Crippen molar-refractivity contribution >= 4 is 11.6 Å². The van der Waals surface area contributed by atoms with Gasteiger partial charge in [-0.25, -0.2) is 0 Å². The lowest BCUT2D eigenvalue weighted by Crippen LogP contribution is -2.44. The first-order chi connectivity index (χ1) is 9.26. The Hall–Kier alpha value is -1.39. The van der Waals surface area contributed by atoms with Crippen LogP contribution in [0.25, 0.3) is 0 Å². The van der Waals surface area contributed by atoms with E-state index in [0.29, 0.717) is 6.54 Å². The number of nitrogens with one attached hydrogen (secondary N) is 1. The number of hydrogen-bond acceptors (Lipinski definition) is 3. The normalized spacial score (nSPS) is 18.9. The number of amides is 1. The fraction of sp³-hybridized carbons (Fsp3) is 0.533. The zero-order valence-corrected chi connectivity index (χ0v) is 11.6. The van der Waals surface area contributed by atoms with Crippen molar-refractivity contribution in [2.24, 2.45) is 5.73 Å². The number of benzene rings is 1. The summed E-state index contributed by atoms with van der Waals surface area (Å²) in [5.74, 6) is 0.115. The van der Waals surface area contributed by atoms with E-state index >= 15 is 0 Å². The van der Waals surface area contributed by atoms with Crippen LogP contribution in [0.4, 0.5) is 5.69 Å². The van der Waals surface area contributed by atoms with E-state index in [0.717, 1.165) is 38.0 Å². The predicted octanol–water partition coefficient (Wildman–Crippen LogP) is 1.61. The van der Waals surface area contributed by atoms with Gasteiger partial charge in [0.1, 0.15) is 0 Å². The SMILES string of the molecule is CCN(CCCN)C1CCc2ccccc2NC1=O. The minimum absolute atomic E-state index is 0.0380. The van der Waals surface area contributed by atoms with Gasteiger partial charge in [-0.15, -0.1) is 0 Å². The molecule has 0 fully saturated rings. The Bertz CT molecular complexity index is 433. The summed E-state index contributed by atoms with van der Waals surface area (Å²) in [7, 11) is 0. The minimum Gasteiger partial charge on any atom is -0.330 e. The Balaban J connectivity index is 2.10. The highest BCUT2D eigenvalue weighted by atomic mass is 16.2. The molecule has 0 aliphatic carbocycles. The van der Waals surface area contributed by atoms with Crippen molar-refractivity contribution < 1.29 is 4.79 Å². The average molecular weight is 261 g/mol. The molecule has 0 saturated heterocycles. The van der Waals surface area contributed by atoms with Crippen molar-refractivity contribution in [1.82, 2.24) is 4.90 Å². The summed E-state index contributed by atoms with van der Waals surface area (Å²) in [6.45, 7) is 4.54. The summed E-state index contributed by atoms with van der Waals surface area (Å²) in [6.07, 6.45) is 2.75. The van der Waals surface area contributed by atoms with E-state index in [4.69, 9.17) is 5.73 Å². The Kier molecular flexibility index (Phi) is 4.93. The minimum atomic E-state index is -0.0380. The first-order valence-electron chi connectivity index (χ1n) is 7.09. The Morgan fingerprint density at radius 3 is 2.95 bits per heavy atom. The molecule has 0 radical (unpaired) electrons. The molecular weight excluding hydrogens is 238 g/mol. The summed E-state index contributed by atoms with van der Waals surface area (Å²) in [5.41, 5.74) is 7.76. The number of anilines is 1. The fourth-order valence-corrected chi connectivity index (χ4v) is 2.68. The number of fused-ring (bicyclic) bond motifs is 1. The molecule has 0 spiro atoms. The van der Waals surface area contributed by atoms with Crippen LogP contribution in [-0.2, 0) is 11.2 Å². The third-order valence-corrected chi connectivity index (χ3v) is 3.76. The first kappa shape index (κ1) is 14.0. The number of carbonyl (C=O) groups is 1. The second-order valence-corrected chi connectivity index (χ2v) is 4.97. The highest BCUT2D eigenvalue weighted by Crippen LogP contribution is 2.23. The van der Waals surface area contributed by atoms with Crippen LogP contribution < -0.4 is 11.1 Å². The van der Waals surface area contributed by atoms with Crippen LogP contribution in [0.15, 0.2) is 24.3 Å². The van der Waals surface area contributed by atoms with Crippen molar-refractivity contribution in [2.75, 3.05) is 25.0 Å². The van der Waals surface area contributed by atoms with Crippen molar-refractivity contribution in [3.63, 3.8) is 0 Å². The number of nitrogens with zero attached hydrogens (tertiary/aromatic N) is 1. The molecule has 2 rings (SSSR count). The van der Waals surface area contributed by atoms with E-state index in [1.807, 2.05) is 18.2 Å². The maximum atomic E-state index is 12.4. The number of aryl methyl sites for hydroxylation is 1. The third kappa shape index (κ3) is 3.33. The summed E-state index contributed by atoms with van der Waals surface area (Å²) in [5, 5.41) is 3.05. The van der Waals surface area contributed by atoms with Crippen LogP contribution in [-0.4, -0.2) is 36.5 Å². The van der Waals surface area contributed by atoms with Crippen LogP contribution in [0.1, 0.15) is 25.3 Å². The van der Waals surface area contributed by atoms with Gasteiger partial charge < -0.3 is 11.1 Å². The second kappa shape index (κ2) is 6.68. The zero-order chi connectivity index (χ0) is 13.7. The van der Waals surface area contributed by atoms with E-state index in [1.165, 1.54) is 5.56 Å². The van der Waals surface area contributed by atoms with Gasteiger partial charge in [0.15, 0.2) is 0 Å². The van der Waals surface area contributed by atoms with Crippen molar-refractivity contribution in [2.45, 2.75) is 32.2 Å². The number of carbonyl (C=O) groups excluding carboxylic acids is 1. The van der Waals surface area contributed by atoms with Gasteiger partial charge in [0.2, 0.25) is 5.91 Å². The number of para-hydroxylation sites is 1. The van der Waals surface area contributed by atoms with Crippen LogP contribution in [0.2, 0.25) is 0 Å². The second-order valence-electron chi connectivity index (χ2n) is 4.97. The molecule has 1 atom stereocenters. The molecule has 104 valence electrons. The van der Waals surface area contributed by atoms with E-state index in [9.17, 15) is 4.79 Å². The van der Waals surface area contributed by atoms with Crippen molar-refractivity contribution in [3.8, 4) is 0 Å². The van der Waals surface area contributed by atoms with E-state index in [-0.39, 0.29) is 11.9 Å². The van der Waals surface area contributed by atoms with Gasteiger partial charge in [0.25, 0.3) is 0 Å². The first-order valence-corrected chi connectivity index (χ1v) is 7.09. The molecule has 3 N–H and O–H groups in total. The van der Waals surface area contributed by atoms with Gasteiger partial charge in [-0.3, -0.25) is 9.69 Å². The molecule has 0 saturated carbocycles. The lowest BCUT2D eigenvalue weighted by Gasteiger charge is -2.28. The highest BCUT2D eigenvalue weighted by Gasteiger charge is 2.27. The molecule has 1 aromatic rings. The Labute approximate surface area is 115 Å². The maximum Gasteiger partial charge on any atom is 0.241 e. The summed E-state index contributed by atoms with van der Waals surface area (Å²) >= 11 is 0. The molecule has 1 aromatic carbocycles. The molecule has 1 aliphatic heterocycles. The van der Waals surface area contributed by atoms with Gasteiger partial charge in [-0.05, 0) is 44.0 Å². The van der Waals surface area contributed by atoms with E-state index in [2.05, 4.69) is 23.2 Å². The molecule has 4 nitrogen and oxygen atoms in total. The van der Waals surface area contributed by atoms with E-state index in [1.54, 1.807) is 0 Å². The van der Waals surface area contributed by atoms with Gasteiger partial charge >= 0.3 is 0 Å². The van der Waals surface area contributed by atoms with Crippen LogP contribution in [0.5, 0.6) is 0 Å². The molecule has 0 bridgehead atoms. The number of hydrogen-bond donors (Lipinski definition) is 2. The lowest BCUT2D eigenvalue weighted by molar-refractivity contribution is -0.121. The molecule has 1 aliphatic rings. The number of likely N-dealkylation sites (N-methyl/N-ethyl adjacent to an activating group) is 1. The molecule has 1 heterocycles. The van der Waals surface area contributed by atoms with Gasteiger partial charge in [-0.1, -0.05) is 25.1 Å². The Morgan fingerprint density at radius 1 is 1.42 bits per heavy atom. The average Bonchev–Trinajstić information content (AvgIpc) is 2.59. The summed E-state index contributed by atoms with van der Waals surface area (Å²) in [4.78, 5) is 14.6. The molecule has 0 aromatic heterocycles.